The molecular weight excluding hydrogens is 340 g/mol. The van der Waals surface area contributed by atoms with Crippen molar-refractivity contribution in [2.24, 2.45) is 0 Å². The zero-order chi connectivity index (χ0) is 19.1. The summed E-state index contributed by atoms with van der Waals surface area (Å²) in [5, 5.41) is 3.35. The summed E-state index contributed by atoms with van der Waals surface area (Å²) in [4.78, 5) is 11.6. The predicted octanol–water partition coefficient (Wildman–Crippen LogP) is 3.92. The Labute approximate surface area is 161 Å². The number of hydrogen-bond acceptors (Lipinski definition) is 6. The standard InChI is InChI=1S/C21H30N4O2/c1-4-17-7-5-6-14-25(17)20-11-13-23-21(24-20)22-12-10-16-8-9-18(26-2)19(15-16)27-3/h8-9,11,13,15,17H,4-7,10,12,14H2,1-3H3,(H,22,23,24). The molecule has 0 bridgehead atoms. The van der Waals surface area contributed by atoms with E-state index in [2.05, 4.69) is 28.2 Å². The SMILES string of the molecule is CCC1CCCCN1c1ccnc(NCCc2ccc(OC)c(OC)c2)n1. The Morgan fingerprint density at radius 3 is 2.78 bits per heavy atom. The van der Waals surface area contributed by atoms with Gasteiger partial charge in [0.1, 0.15) is 5.82 Å². The Balaban J connectivity index is 1.60. The Morgan fingerprint density at radius 1 is 1.15 bits per heavy atom. The molecule has 6 heteroatoms. The molecule has 0 saturated carbocycles. The van der Waals surface area contributed by atoms with Crippen LogP contribution in [-0.4, -0.2) is 43.3 Å². The maximum absolute atomic E-state index is 5.37. The monoisotopic (exact) mass is 370 g/mol. The topological polar surface area (TPSA) is 59.5 Å². The van der Waals surface area contributed by atoms with E-state index >= 15 is 0 Å². The summed E-state index contributed by atoms with van der Waals surface area (Å²) in [6.45, 7) is 4.10. The Hall–Kier alpha value is -2.50. The van der Waals surface area contributed by atoms with Gasteiger partial charge in [0.25, 0.3) is 0 Å². The van der Waals surface area contributed by atoms with Crippen LogP contribution in [0.1, 0.15) is 38.2 Å². The van der Waals surface area contributed by atoms with Crippen LogP contribution in [-0.2, 0) is 6.42 Å². The fourth-order valence-electron chi connectivity index (χ4n) is 3.68. The second-order valence-corrected chi connectivity index (χ2v) is 6.86. The number of nitrogens with zero attached hydrogens (tertiary/aromatic N) is 3. The van der Waals surface area contributed by atoms with Gasteiger partial charge >= 0.3 is 0 Å². The van der Waals surface area contributed by atoms with Crippen LogP contribution in [0.5, 0.6) is 11.5 Å². The summed E-state index contributed by atoms with van der Waals surface area (Å²) >= 11 is 0. The van der Waals surface area contributed by atoms with Crippen molar-refractivity contribution in [3.05, 3.63) is 36.0 Å². The van der Waals surface area contributed by atoms with E-state index in [1.807, 2.05) is 24.4 Å². The summed E-state index contributed by atoms with van der Waals surface area (Å²) < 4.78 is 10.7. The molecule has 1 unspecified atom stereocenters. The summed E-state index contributed by atoms with van der Waals surface area (Å²) in [5.74, 6) is 3.22. The fraction of sp³-hybridized carbons (Fsp3) is 0.524. The van der Waals surface area contributed by atoms with E-state index in [1.54, 1.807) is 14.2 Å². The van der Waals surface area contributed by atoms with Gasteiger partial charge in [-0.3, -0.25) is 0 Å². The average Bonchev–Trinajstić information content (AvgIpc) is 2.73. The van der Waals surface area contributed by atoms with Crippen LogP contribution in [0.3, 0.4) is 0 Å². The van der Waals surface area contributed by atoms with Crippen molar-refractivity contribution >= 4 is 11.8 Å². The molecule has 1 atom stereocenters. The minimum atomic E-state index is 0.591. The molecule has 27 heavy (non-hydrogen) atoms. The molecule has 1 aromatic carbocycles. The molecule has 2 aromatic rings. The van der Waals surface area contributed by atoms with Gasteiger partial charge in [-0.1, -0.05) is 13.0 Å². The molecule has 3 rings (SSSR count). The smallest absolute Gasteiger partial charge is 0.224 e. The van der Waals surface area contributed by atoms with Crippen LogP contribution >= 0.6 is 0 Å². The van der Waals surface area contributed by atoms with Gasteiger partial charge in [-0.2, -0.15) is 4.98 Å². The lowest BCUT2D eigenvalue weighted by Gasteiger charge is -2.36. The second kappa shape index (κ2) is 9.44. The van der Waals surface area contributed by atoms with Gasteiger partial charge in [-0.15, -0.1) is 0 Å². The first-order chi connectivity index (χ1) is 13.2. The predicted molar refractivity (Wildman–Crippen MR) is 109 cm³/mol. The van der Waals surface area contributed by atoms with Gasteiger partial charge in [0.15, 0.2) is 11.5 Å². The van der Waals surface area contributed by atoms with Crippen molar-refractivity contribution in [1.82, 2.24) is 9.97 Å². The van der Waals surface area contributed by atoms with E-state index in [4.69, 9.17) is 14.5 Å². The average molecular weight is 370 g/mol. The first kappa shape index (κ1) is 19.3. The number of methoxy groups -OCH3 is 2. The zero-order valence-electron chi connectivity index (χ0n) is 16.6. The summed E-state index contributed by atoms with van der Waals surface area (Å²) in [5.41, 5.74) is 1.18. The molecule has 1 aromatic heterocycles. The van der Waals surface area contributed by atoms with E-state index in [0.29, 0.717) is 12.0 Å². The fourth-order valence-corrected chi connectivity index (χ4v) is 3.68. The number of piperidine rings is 1. The Kier molecular flexibility index (Phi) is 6.74. The normalized spacial score (nSPS) is 16.9. The number of hydrogen-bond donors (Lipinski definition) is 1. The molecule has 0 radical (unpaired) electrons. The molecule has 1 saturated heterocycles. The van der Waals surface area contributed by atoms with Gasteiger partial charge in [-0.25, -0.2) is 4.98 Å². The second-order valence-electron chi connectivity index (χ2n) is 6.86. The molecule has 1 N–H and O–H groups in total. The van der Waals surface area contributed by atoms with Gasteiger partial charge in [0.05, 0.1) is 14.2 Å². The molecule has 0 aliphatic carbocycles. The van der Waals surface area contributed by atoms with Crippen molar-refractivity contribution in [1.29, 1.82) is 0 Å². The molecular formula is C21H30N4O2. The van der Waals surface area contributed by atoms with Crippen molar-refractivity contribution in [2.45, 2.75) is 45.1 Å². The van der Waals surface area contributed by atoms with Crippen LogP contribution in [0.4, 0.5) is 11.8 Å². The van der Waals surface area contributed by atoms with E-state index in [0.717, 1.165) is 43.2 Å². The molecule has 1 aliphatic heterocycles. The number of anilines is 2. The molecule has 1 fully saturated rings. The highest BCUT2D eigenvalue weighted by Crippen LogP contribution is 2.28. The number of rotatable bonds is 8. The van der Waals surface area contributed by atoms with Crippen molar-refractivity contribution < 1.29 is 9.47 Å². The third-order valence-corrected chi connectivity index (χ3v) is 5.18. The molecule has 1 aliphatic rings. The van der Waals surface area contributed by atoms with E-state index in [1.165, 1.54) is 24.8 Å². The first-order valence-electron chi connectivity index (χ1n) is 9.79. The van der Waals surface area contributed by atoms with Crippen LogP contribution in [0.25, 0.3) is 0 Å². The number of benzene rings is 1. The molecule has 6 nitrogen and oxygen atoms in total. The van der Waals surface area contributed by atoms with Crippen molar-refractivity contribution in [3.63, 3.8) is 0 Å². The molecule has 2 heterocycles. The summed E-state index contributed by atoms with van der Waals surface area (Å²) in [6, 6.07) is 8.62. The van der Waals surface area contributed by atoms with E-state index in [-0.39, 0.29) is 0 Å². The van der Waals surface area contributed by atoms with Crippen LogP contribution < -0.4 is 19.7 Å². The lowest BCUT2D eigenvalue weighted by Crippen LogP contribution is -2.39. The van der Waals surface area contributed by atoms with Gasteiger partial charge in [0, 0.05) is 25.3 Å². The van der Waals surface area contributed by atoms with Gasteiger partial charge in [-0.05, 0) is 55.9 Å². The zero-order valence-corrected chi connectivity index (χ0v) is 16.6. The summed E-state index contributed by atoms with van der Waals surface area (Å²) in [6.07, 6.45) is 7.67. The lowest BCUT2D eigenvalue weighted by molar-refractivity contribution is 0.354. The molecule has 146 valence electrons. The maximum atomic E-state index is 5.37. The van der Waals surface area contributed by atoms with Crippen LogP contribution in [0, 0.1) is 0 Å². The highest BCUT2D eigenvalue weighted by Gasteiger charge is 2.22. The Bertz CT molecular complexity index is 738. The van der Waals surface area contributed by atoms with E-state index < -0.39 is 0 Å². The number of nitrogens with one attached hydrogen (secondary N) is 1. The maximum Gasteiger partial charge on any atom is 0.224 e. The molecule has 0 amide bonds. The number of aromatic nitrogens is 2. The highest BCUT2D eigenvalue weighted by molar-refractivity contribution is 5.45. The van der Waals surface area contributed by atoms with Crippen LogP contribution in [0.2, 0.25) is 0 Å². The van der Waals surface area contributed by atoms with Gasteiger partial charge < -0.3 is 19.7 Å². The van der Waals surface area contributed by atoms with Gasteiger partial charge in [0.2, 0.25) is 5.95 Å². The molecule has 0 spiro atoms. The third-order valence-electron chi connectivity index (χ3n) is 5.18. The minimum Gasteiger partial charge on any atom is -0.493 e. The largest absolute Gasteiger partial charge is 0.493 e. The van der Waals surface area contributed by atoms with E-state index in [9.17, 15) is 0 Å². The lowest BCUT2D eigenvalue weighted by atomic mass is 10.0. The number of ether oxygens (including phenoxy) is 2. The quantitative estimate of drug-likeness (QED) is 0.760. The third kappa shape index (κ3) is 4.81. The minimum absolute atomic E-state index is 0.591. The van der Waals surface area contributed by atoms with Crippen molar-refractivity contribution in [2.75, 3.05) is 37.5 Å². The van der Waals surface area contributed by atoms with Crippen molar-refractivity contribution in [3.8, 4) is 11.5 Å². The highest BCUT2D eigenvalue weighted by atomic mass is 16.5. The Morgan fingerprint density at radius 2 is 2.00 bits per heavy atom. The first-order valence-corrected chi connectivity index (χ1v) is 9.79. The van der Waals surface area contributed by atoms with Crippen LogP contribution in [0.15, 0.2) is 30.5 Å². The summed E-state index contributed by atoms with van der Waals surface area (Å²) in [7, 11) is 3.30.